The highest BCUT2D eigenvalue weighted by atomic mass is 16.5. The fourth-order valence-corrected chi connectivity index (χ4v) is 0.559. The quantitative estimate of drug-likeness (QED) is 0.620. The van der Waals surface area contributed by atoms with Crippen LogP contribution in [0.25, 0.3) is 0 Å². The second-order valence-electron chi connectivity index (χ2n) is 1.88. The highest BCUT2D eigenvalue weighted by Gasteiger charge is 2.05. The zero-order valence-corrected chi connectivity index (χ0v) is 5.84. The molecule has 0 atom stereocenters. The Kier molecular flexibility index (Phi) is 1.71. The third kappa shape index (κ3) is 1.15. The first-order valence-electron chi connectivity index (χ1n) is 2.89. The van der Waals surface area contributed by atoms with E-state index in [2.05, 4.69) is 15.0 Å². The van der Waals surface area contributed by atoms with E-state index >= 15 is 0 Å². The lowest BCUT2D eigenvalue weighted by molar-refractivity contribution is 0.0978. The Morgan fingerprint density at radius 1 is 1.80 bits per heavy atom. The smallest absolute Gasteiger partial charge is 0.204 e. The predicted molar refractivity (Wildman–Crippen MR) is 36.1 cm³/mol. The van der Waals surface area contributed by atoms with E-state index in [1.165, 1.54) is 6.92 Å². The molecule has 1 aromatic heterocycles. The van der Waals surface area contributed by atoms with E-state index in [1.807, 2.05) is 0 Å². The van der Waals surface area contributed by atoms with Gasteiger partial charge in [0.15, 0.2) is 11.6 Å². The van der Waals surface area contributed by atoms with Crippen LogP contribution in [0.1, 0.15) is 17.5 Å². The van der Waals surface area contributed by atoms with Crippen LogP contribution in [0, 0.1) is 0 Å². The molecule has 4 nitrogen and oxygen atoms in total. The van der Waals surface area contributed by atoms with Crippen molar-refractivity contribution in [1.29, 1.82) is 0 Å². The van der Waals surface area contributed by atoms with Gasteiger partial charge in [0.05, 0.1) is 0 Å². The molecule has 0 aliphatic rings. The molecule has 1 heterocycles. The minimum Gasteiger partial charge on any atom is -0.370 e. The average Bonchev–Trinajstić information content (AvgIpc) is 2.34. The summed E-state index contributed by atoms with van der Waals surface area (Å²) in [6.07, 6.45) is 0. The number of nitrogens with zero attached hydrogens (tertiary/aromatic N) is 1. The van der Waals surface area contributed by atoms with Gasteiger partial charge in [0.2, 0.25) is 5.76 Å². The molecule has 0 bridgehead atoms. The minimum absolute atomic E-state index is 0.117. The first-order chi connectivity index (χ1) is 4.74. The van der Waals surface area contributed by atoms with E-state index in [4.69, 9.17) is 0 Å². The van der Waals surface area contributed by atoms with Gasteiger partial charge in [-0.2, -0.15) is 0 Å². The molecule has 4 heteroatoms. The van der Waals surface area contributed by atoms with E-state index in [9.17, 15) is 4.79 Å². The molecule has 0 aromatic carbocycles. The van der Waals surface area contributed by atoms with Gasteiger partial charge in [-0.05, 0) is 0 Å². The number of aromatic nitrogens is 1. The molecule has 0 aliphatic heterocycles. The van der Waals surface area contributed by atoms with Crippen LogP contribution in [0.5, 0.6) is 0 Å². The molecule has 0 radical (unpaired) electrons. The normalized spacial score (nSPS) is 9.40. The lowest BCUT2D eigenvalue weighted by Crippen LogP contribution is -1.87. The number of Topliss-reactive ketones (excluding diaryl/α,β-unsaturated/α-hetero) is 1. The summed E-state index contributed by atoms with van der Waals surface area (Å²) in [6.45, 7) is 1.43. The number of ketones is 1. The SMILES string of the molecule is CNc1cc(C(C)=O)on1. The summed E-state index contributed by atoms with van der Waals surface area (Å²) < 4.78 is 4.65. The molecular weight excluding hydrogens is 132 g/mol. The monoisotopic (exact) mass is 140 g/mol. The molecule has 1 N–H and O–H groups in total. The average molecular weight is 140 g/mol. The van der Waals surface area contributed by atoms with E-state index in [1.54, 1.807) is 13.1 Å². The molecule has 0 amide bonds. The van der Waals surface area contributed by atoms with E-state index < -0.39 is 0 Å². The molecule has 0 unspecified atom stereocenters. The van der Waals surface area contributed by atoms with Crippen molar-refractivity contribution in [3.05, 3.63) is 11.8 Å². The van der Waals surface area contributed by atoms with Gasteiger partial charge in [-0.25, -0.2) is 0 Å². The number of hydrogen-bond acceptors (Lipinski definition) is 4. The number of rotatable bonds is 2. The Balaban J connectivity index is 2.88. The third-order valence-electron chi connectivity index (χ3n) is 1.11. The molecule has 0 spiro atoms. The van der Waals surface area contributed by atoms with Crippen LogP contribution in [0.4, 0.5) is 5.82 Å². The highest BCUT2D eigenvalue weighted by molar-refractivity contribution is 5.91. The predicted octanol–water partition coefficient (Wildman–Crippen LogP) is 0.919. The van der Waals surface area contributed by atoms with Crippen molar-refractivity contribution in [2.45, 2.75) is 6.92 Å². The summed E-state index contributed by atoms with van der Waals surface area (Å²) in [5.41, 5.74) is 0. The zero-order chi connectivity index (χ0) is 7.56. The summed E-state index contributed by atoms with van der Waals surface area (Å²) in [5, 5.41) is 6.29. The van der Waals surface area contributed by atoms with Crippen LogP contribution in [-0.2, 0) is 0 Å². The number of anilines is 1. The van der Waals surface area contributed by atoms with Crippen LogP contribution in [0.2, 0.25) is 0 Å². The first-order valence-corrected chi connectivity index (χ1v) is 2.89. The van der Waals surface area contributed by atoms with Crippen molar-refractivity contribution in [3.63, 3.8) is 0 Å². The van der Waals surface area contributed by atoms with Crippen molar-refractivity contribution >= 4 is 11.6 Å². The topological polar surface area (TPSA) is 55.1 Å². The van der Waals surface area contributed by atoms with E-state index in [0.717, 1.165) is 0 Å². The van der Waals surface area contributed by atoms with Gasteiger partial charge in [0, 0.05) is 20.0 Å². The van der Waals surface area contributed by atoms with Crippen molar-refractivity contribution < 1.29 is 9.32 Å². The number of hydrogen-bond donors (Lipinski definition) is 1. The summed E-state index contributed by atoms with van der Waals surface area (Å²) in [4.78, 5) is 10.6. The van der Waals surface area contributed by atoms with Crippen molar-refractivity contribution in [2.24, 2.45) is 0 Å². The summed E-state index contributed by atoms with van der Waals surface area (Å²) in [7, 11) is 1.71. The highest BCUT2D eigenvalue weighted by Crippen LogP contribution is 2.07. The summed E-state index contributed by atoms with van der Waals surface area (Å²) >= 11 is 0. The maximum Gasteiger partial charge on any atom is 0.204 e. The molecule has 0 aliphatic carbocycles. The molecule has 10 heavy (non-hydrogen) atoms. The van der Waals surface area contributed by atoms with Gasteiger partial charge in [-0.15, -0.1) is 0 Å². The zero-order valence-electron chi connectivity index (χ0n) is 5.84. The second-order valence-corrected chi connectivity index (χ2v) is 1.88. The van der Waals surface area contributed by atoms with Gasteiger partial charge in [0.1, 0.15) is 0 Å². The fourth-order valence-electron chi connectivity index (χ4n) is 0.559. The third-order valence-corrected chi connectivity index (χ3v) is 1.11. The Labute approximate surface area is 58.2 Å². The number of carbonyl (C=O) groups excluding carboxylic acids is 1. The fraction of sp³-hybridized carbons (Fsp3) is 0.333. The van der Waals surface area contributed by atoms with Crippen LogP contribution in [0.15, 0.2) is 10.6 Å². The minimum atomic E-state index is -0.117. The Morgan fingerprint density at radius 2 is 2.50 bits per heavy atom. The van der Waals surface area contributed by atoms with Crippen LogP contribution in [0.3, 0.4) is 0 Å². The maximum absolute atomic E-state index is 10.6. The first kappa shape index (κ1) is 6.80. The molecule has 1 rings (SSSR count). The van der Waals surface area contributed by atoms with Gasteiger partial charge in [0.25, 0.3) is 0 Å². The van der Waals surface area contributed by atoms with Gasteiger partial charge >= 0.3 is 0 Å². The van der Waals surface area contributed by atoms with Crippen molar-refractivity contribution in [2.75, 3.05) is 12.4 Å². The molecule has 1 aromatic rings. The largest absolute Gasteiger partial charge is 0.370 e. The molecule has 54 valence electrons. The van der Waals surface area contributed by atoms with Gasteiger partial charge < -0.3 is 9.84 Å². The number of nitrogens with one attached hydrogen (secondary N) is 1. The van der Waals surface area contributed by atoms with Crippen molar-refractivity contribution in [3.8, 4) is 0 Å². The summed E-state index contributed by atoms with van der Waals surface area (Å²) in [5.74, 6) is 0.739. The molecule has 0 fully saturated rings. The van der Waals surface area contributed by atoms with E-state index in [-0.39, 0.29) is 11.5 Å². The lowest BCUT2D eigenvalue weighted by Gasteiger charge is -1.83. The Hall–Kier alpha value is -1.32. The Morgan fingerprint density at radius 3 is 2.80 bits per heavy atom. The molecule has 0 saturated heterocycles. The van der Waals surface area contributed by atoms with Gasteiger partial charge in [-0.3, -0.25) is 4.79 Å². The Bertz CT molecular complexity index is 242. The van der Waals surface area contributed by atoms with Crippen LogP contribution >= 0.6 is 0 Å². The van der Waals surface area contributed by atoms with Crippen LogP contribution < -0.4 is 5.32 Å². The summed E-state index contributed by atoms with van der Waals surface area (Å²) in [6, 6.07) is 1.56. The molecular formula is C6H8N2O2. The second kappa shape index (κ2) is 2.51. The number of carbonyl (C=O) groups is 1. The van der Waals surface area contributed by atoms with E-state index in [0.29, 0.717) is 5.82 Å². The maximum atomic E-state index is 10.6. The van der Waals surface area contributed by atoms with Crippen molar-refractivity contribution in [1.82, 2.24) is 5.16 Å². The molecule has 0 saturated carbocycles. The van der Waals surface area contributed by atoms with Crippen LogP contribution in [-0.4, -0.2) is 18.0 Å². The lowest BCUT2D eigenvalue weighted by atomic mass is 10.3. The standard InChI is InChI=1S/C6H8N2O2/c1-4(9)5-3-6(7-2)8-10-5/h3H,1-2H3,(H,7,8). The van der Waals surface area contributed by atoms with Gasteiger partial charge in [-0.1, -0.05) is 5.16 Å².